The second-order valence-corrected chi connectivity index (χ2v) is 6.87. The lowest BCUT2D eigenvalue weighted by Gasteiger charge is -2.38. The Bertz CT molecular complexity index is 688. The number of fused-ring (bicyclic) bond motifs is 3. The van der Waals surface area contributed by atoms with Crippen molar-refractivity contribution in [3.8, 4) is 0 Å². The molecule has 2 N–H and O–H groups in total. The highest BCUT2D eigenvalue weighted by Gasteiger charge is 2.60. The third kappa shape index (κ3) is 2.58. The fourth-order valence-corrected chi connectivity index (χ4v) is 3.95. The van der Waals surface area contributed by atoms with Crippen molar-refractivity contribution in [3.63, 3.8) is 0 Å². The van der Waals surface area contributed by atoms with Gasteiger partial charge in [0.05, 0.1) is 0 Å². The number of benzene rings is 2. The van der Waals surface area contributed by atoms with E-state index >= 15 is 0 Å². The zero-order chi connectivity index (χ0) is 17.7. The molecule has 6 heteroatoms. The molecule has 2 aliphatic heterocycles. The first-order chi connectivity index (χ1) is 12.7. The Labute approximate surface area is 150 Å². The van der Waals surface area contributed by atoms with Gasteiger partial charge in [0.1, 0.15) is 36.6 Å². The van der Waals surface area contributed by atoms with E-state index in [0.717, 1.165) is 11.1 Å². The molecule has 2 saturated heterocycles. The molecule has 1 saturated carbocycles. The molecule has 0 bridgehead atoms. The minimum atomic E-state index is -1.10. The lowest BCUT2D eigenvalue weighted by atomic mass is 9.85. The Morgan fingerprint density at radius 1 is 0.500 bits per heavy atom. The maximum absolute atomic E-state index is 10.5. The summed E-state index contributed by atoms with van der Waals surface area (Å²) in [6.07, 6.45) is -5.79. The zero-order valence-corrected chi connectivity index (χ0v) is 13.9. The minimum Gasteiger partial charge on any atom is -0.387 e. The second kappa shape index (κ2) is 6.42. The van der Waals surface area contributed by atoms with Crippen LogP contribution in [0.3, 0.4) is 0 Å². The lowest BCUT2D eigenvalue weighted by Crippen LogP contribution is -2.61. The standard InChI is InChI=1S/C20H20O6/c21-13-14(22)16-18(26-20(24-16)12-9-5-2-6-10-12)17-15(13)23-19(25-17)11-7-3-1-4-8-11/h1-10,13-22H/t13-,14+,15+,16-,17-,18+,19-,20-/m1/s1. The summed E-state index contributed by atoms with van der Waals surface area (Å²) in [6, 6.07) is 19.1. The molecule has 6 nitrogen and oxygen atoms in total. The summed E-state index contributed by atoms with van der Waals surface area (Å²) in [6.45, 7) is 0. The van der Waals surface area contributed by atoms with E-state index in [9.17, 15) is 10.2 Å². The van der Waals surface area contributed by atoms with E-state index in [4.69, 9.17) is 18.9 Å². The van der Waals surface area contributed by atoms with Gasteiger partial charge in [-0.05, 0) is 0 Å². The smallest absolute Gasteiger partial charge is 0.184 e. The number of rotatable bonds is 2. The lowest BCUT2D eigenvalue weighted by molar-refractivity contribution is -0.158. The van der Waals surface area contributed by atoms with Gasteiger partial charge in [0.15, 0.2) is 12.6 Å². The predicted molar refractivity (Wildman–Crippen MR) is 89.9 cm³/mol. The van der Waals surface area contributed by atoms with Crippen LogP contribution in [0.25, 0.3) is 0 Å². The SMILES string of the molecule is O[C@@H]1[C@H](O)[C@H]2O[C@@H](c3ccccc3)O[C@@H]2[C@@H]2O[C@H](c3ccccc3)O[C@@H]12. The van der Waals surface area contributed by atoms with Gasteiger partial charge in [-0.2, -0.15) is 0 Å². The molecular weight excluding hydrogens is 336 g/mol. The van der Waals surface area contributed by atoms with Crippen LogP contribution in [0.2, 0.25) is 0 Å². The van der Waals surface area contributed by atoms with Crippen molar-refractivity contribution >= 4 is 0 Å². The van der Waals surface area contributed by atoms with Gasteiger partial charge < -0.3 is 29.2 Å². The van der Waals surface area contributed by atoms with E-state index in [-0.39, 0.29) is 0 Å². The van der Waals surface area contributed by atoms with E-state index in [1.54, 1.807) is 0 Å². The summed E-state index contributed by atoms with van der Waals surface area (Å²) in [4.78, 5) is 0. The van der Waals surface area contributed by atoms with Crippen molar-refractivity contribution in [1.29, 1.82) is 0 Å². The van der Waals surface area contributed by atoms with E-state index in [1.165, 1.54) is 0 Å². The molecule has 3 aliphatic rings. The fourth-order valence-electron chi connectivity index (χ4n) is 3.95. The molecule has 2 aromatic rings. The molecule has 1 aliphatic carbocycles. The normalized spacial score (nSPS) is 41.6. The van der Waals surface area contributed by atoms with Crippen LogP contribution in [0.5, 0.6) is 0 Å². The first-order valence-corrected chi connectivity index (χ1v) is 8.80. The molecule has 0 spiro atoms. The maximum atomic E-state index is 10.5. The van der Waals surface area contributed by atoms with Gasteiger partial charge in [0.25, 0.3) is 0 Å². The summed E-state index contributed by atoms with van der Waals surface area (Å²) in [5, 5.41) is 21.1. The Kier molecular flexibility index (Phi) is 4.04. The van der Waals surface area contributed by atoms with Crippen molar-refractivity contribution in [2.24, 2.45) is 0 Å². The fraction of sp³-hybridized carbons (Fsp3) is 0.400. The van der Waals surface area contributed by atoms with Crippen LogP contribution < -0.4 is 0 Å². The molecule has 0 unspecified atom stereocenters. The molecule has 2 heterocycles. The van der Waals surface area contributed by atoms with E-state index in [1.807, 2.05) is 60.7 Å². The molecule has 0 amide bonds. The number of hydrogen-bond acceptors (Lipinski definition) is 6. The van der Waals surface area contributed by atoms with E-state index in [2.05, 4.69) is 0 Å². The highest BCUT2D eigenvalue weighted by molar-refractivity contribution is 5.20. The Balaban J connectivity index is 1.41. The topological polar surface area (TPSA) is 77.4 Å². The summed E-state index contributed by atoms with van der Waals surface area (Å²) in [5.74, 6) is 0. The van der Waals surface area contributed by atoms with Crippen LogP contribution in [0.1, 0.15) is 23.7 Å². The zero-order valence-electron chi connectivity index (χ0n) is 13.9. The third-order valence-corrected chi connectivity index (χ3v) is 5.26. The highest BCUT2D eigenvalue weighted by atomic mass is 16.8. The Morgan fingerprint density at radius 3 is 1.23 bits per heavy atom. The van der Waals surface area contributed by atoms with Crippen LogP contribution in [0.15, 0.2) is 60.7 Å². The van der Waals surface area contributed by atoms with Crippen LogP contribution in [-0.4, -0.2) is 46.8 Å². The van der Waals surface area contributed by atoms with Gasteiger partial charge in [0, 0.05) is 11.1 Å². The highest BCUT2D eigenvalue weighted by Crippen LogP contribution is 2.46. The largest absolute Gasteiger partial charge is 0.387 e. The number of ether oxygens (including phenoxy) is 4. The molecule has 2 aromatic carbocycles. The summed E-state index contributed by atoms with van der Waals surface area (Å²) in [7, 11) is 0. The molecule has 0 aromatic heterocycles. The predicted octanol–water partition coefficient (Wildman–Crippen LogP) is 1.69. The van der Waals surface area contributed by atoms with Gasteiger partial charge >= 0.3 is 0 Å². The summed E-state index contributed by atoms with van der Waals surface area (Å²) in [5.41, 5.74) is 1.72. The molecular formula is C20H20O6. The summed E-state index contributed by atoms with van der Waals surface area (Å²) >= 11 is 0. The van der Waals surface area contributed by atoms with Crippen molar-refractivity contribution in [2.75, 3.05) is 0 Å². The van der Waals surface area contributed by atoms with E-state index in [0.29, 0.717) is 0 Å². The van der Waals surface area contributed by atoms with E-state index < -0.39 is 49.2 Å². The minimum absolute atomic E-state index is 0.516. The van der Waals surface area contributed by atoms with Crippen LogP contribution >= 0.6 is 0 Å². The average molecular weight is 356 g/mol. The molecule has 8 atom stereocenters. The van der Waals surface area contributed by atoms with Gasteiger partial charge in [-0.15, -0.1) is 0 Å². The first-order valence-electron chi connectivity index (χ1n) is 8.80. The molecule has 0 radical (unpaired) electrons. The van der Waals surface area contributed by atoms with Crippen LogP contribution in [-0.2, 0) is 18.9 Å². The van der Waals surface area contributed by atoms with Crippen LogP contribution in [0, 0.1) is 0 Å². The quantitative estimate of drug-likeness (QED) is 0.853. The van der Waals surface area contributed by atoms with Crippen molar-refractivity contribution < 1.29 is 29.2 Å². The monoisotopic (exact) mass is 356 g/mol. The second-order valence-electron chi connectivity index (χ2n) is 6.87. The van der Waals surface area contributed by atoms with Gasteiger partial charge in [-0.3, -0.25) is 0 Å². The number of aliphatic hydroxyl groups is 2. The van der Waals surface area contributed by atoms with Crippen molar-refractivity contribution in [2.45, 2.75) is 49.2 Å². The third-order valence-electron chi connectivity index (χ3n) is 5.26. The van der Waals surface area contributed by atoms with Crippen molar-refractivity contribution in [3.05, 3.63) is 71.8 Å². The Morgan fingerprint density at radius 2 is 0.846 bits per heavy atom. The van der Waals surface area contributed by atoms with Gasteiger partial charge in [-0.25, -0.2) is 0 Å². The van der Waals surface area contributed by atoms with Crippen LogP contribution in [0.4, 0.5) is 0 Å². The molecule has 5 rings (SSSR count). The van der Waals surface area contributed by atoms with Crippen molar-refractivity contribution in [1.82, 2.24) is 0 Å². The molecule has 3 fully saturated rings. The first kappa shape index (κ1) is 16.4. The molecule has 136 valence electrons. The van der Waals surface area contributed by atoms with Gasteiger partial charge in [0.2, 0.25) is 0 Å². The van der Waals surface area contributed by atoms with Gasteiger partial charge in [-0.1, -0.05) is 60.7 Å². The summed E-state index contributed by atoms with van der Waals surface area (Å²) < 4.78 is 24.0. The number of hydrogen-bond donors (Lipinski definition) is 2. The number of aliphatic hydroxyl groups excluding tert-OH is 2. The average Bonchev–Trinajstić information content (AvgIpc) is 3.32. The maximum Gasteiger partial charge on any atom is 0.184 e. The Hall–Kier alpha value is -1.80. The molecule has 26 heavy (non-hydrogen) atoms.